The summed E-state index contributed by atoms with van der Waals surface area (Å²) in [6, 6.07) is 5.98. The van der Waals surface area contributed by atoms with Gasteiger partial charge in [0.2, 0.25) is 5.91 Å². The van der Waals surface area contributed by atoms with Crippen molar-refractivity contribution in [2.45, 2.75) is 31.9 Å². The van der Waals surface area contributed by atoms with E-state index in [-0.39, 0.29) is 5.91 Å². The van der Waals surface area contributed by atoms with Crippen LogP contribution in [0.2, 0.25) is 5.02 Å². The van der Waals surface area contributed by atoms with Crippen LogP contribution in [0.1, 0.15) is 19.8 Å². The zero-order valence-electron chi connectivity index (χ0n) is 11.4. The largest absolute Gasteiger partial charge is 0.451 e. The predicted molar refractivity (Wildman–Crippen MR) is 76.8 cm³/mol. The number of benzene rings is 1. The molecule has 1 aromatic carbocycles. The molecule has 1 aliphatic heterocycles. The number of ether oxygens (including phenoxy) is 1. The lowest BCUT2D eigenvalue weighted by Gasteiger charge is -2.16. The zero-order chi connectivity index (χ0) is 15.4. The summed E-state index contributed by atoms with van der Waals surface area (Å²) in [4.78, 5) is 34.7. The van der Waals surface area contributed by atoms with E-state index >= 15 is 0 Å². The molecule has 2 N–H and O–H groups in total. The molecule has 6 nitrogen and oxygen atoms in total. The van der Waals surface area contributed by atoms with Crippen LogP contribution in [-0.4, -0.2) is 29.9 Å². The van der Waals surface area contributed by atoms with Gasteiger partial charge in [-0.1, -0.05) is 17.7 Å². The second-order valence-electron chi connectivity index (χ2n) is 4.74. The van der Waals surface area contributed by atoms with Gasteiger partial charge in [-0.2, -0.15) is 0 Å². The molecule has 112 valence electrons. The Bertz CT molecular complexity index is 576. The molecule has 1 heterocycles. The fourth-order valence-corrected chi connectivity index (χ4v) is 2.10. The van der Waals surface area contributed by atoms with Crippen molar-refractivity contribution in [3.05, 3.63) is 29.3 Å². The number of carbonyl (C=O) groups excluding carboxylic acids is 3. The summed E-state index contributed by atoms with van der Waals surface area (Å²) in [5.74, 6) is -1.25. The van der Waals surface area contributed by atoms with E-state index in [1.165, 1.54) is 6.92 Å². The molecule has 0 spiro atoms. The number of hydrogen-bond donors (Lipinski definition) is 2. The van der Waals surface area contributed by atoms with Gasteiger partial charge in [-0.05, 0) is 31.5 Å². The number of esters is 1. The highest BCUT2D eigenvalue weighted by atomic mass is 35.5. The maximum absolute atomic E-state index is 11.9. The zero-order valence-corrected chi connectivity index (χ0v) is 12.1. The Morgan fingerprint density at radius 3 is 2.86 bits per heavy atom. The summed E-state index contributed by atoms with van der Waals surface area (Å²) in [6.45, 7) is 1.47. The molecule has 0 aromatic heterocycles. The van der Waals surface area contributed by atoms with Gasteiger partial charge in [0.1, 0.15) is 6.04 Å². The van der Waals surface area contributed by atoms with Gasteiger partial charge < -0.3 is 15.4 Å². The smallest absolute Gasteiger partial charge is 0.329 e. The molecule has 0 unspecified atom stereocenters. The lowest BCUT2D eigenvalue weighted by molar-refractivity contribution is -0.155. The molecule has 0 bridgehead atoms. The highest BCUT2D eigenvalue weighted by Crippen LogP contribution is 2.15. The molecule has 1 aliphatic rings. The van der Waals surface area contributed by atoms with Crippen LogP contribution < -0.4 is 10.6 Å². The van der Waals surface area contributed by atoms with E-state index in [0.717, 1.165) is 0 Å². The van der Waals surface area contributed by atoms with Crippen LogP contribution in [0, 0.1) is 0 Å². The molecule has 2 amide bonds. The van der Waals surface area contributed by atoms with Crippen LogP contribution in [0.15, 0.2) is 24.3 Å². The Hall–Kier alpha value is -2.08. The van der Waals surface area contributed by atoms with Crippen molar-refractivity contribution in [1.29, 1.82) is 0 Å². The number of amides is 2. The van der Waals surface area contributed by atoms with Crippen molar-refractivity contribution in [2.75, 3.05) is 5.32 Å². The van der Waals surface area contributed by atoms with Crippen LogP contribution >= 0.6 is 11.6 Å². The first-order valence-corrected chi connectivity index (χ1v) is 6.90. The maximum Gasteiger partial charge on any atom is 0.329 e. The Balaban J connectivity index is 1.87. The number of anilines is 1. The summed E-state index contributed by atoms with van der Waals surface area (Å²) in [5.41, 5.74) is 0.518. The Kier molecular flexibility index (Phi) is 4.80. The highest BCUT2D eigenvalue weighted by molar-refractivity contribution is 6.30. The quantitative estimate of drug-likeness (QED) is 0.825. The van der Waals surface area contributed by atoms with Crippen molar-refractivity contribution in [3.8, 4) is 0 Å². The van der Waals surface area contributed by atoms with E-state index in [1.54, 1.807) is 24.3 Å². The van der Waals surface area contributed by atoms with Crippen molar-refractivity contribution < 1.29 is 19.1 Å². The van der Waals surface area contributed by atoms with Gasteiger partial charge in [-0.25, -0.2) is 4.79 Å². The Morgan fingerprint density at radius 2 is 2.24 bits per heavy atom. The van der Waals surface area contributed by atoms with Crippen LogP contribution in [-0.2, 0) is 19.1 Å². The lowest BCUT2D eigenvalue weighted by atomic mass is 10.2. The minimum atomic E-state index is -0.964. The Labute approximate surface area is 126 Å². The van der Waals surface area contributed by atoms with E-state index in [4.69, 9.17) is 16.3 Å². The van der Waals surface area contributed by atoms with Crippen LogP contribution in [0.4, 0.5) is 5.69 Å². The molecule has 1 saturated heterocycles. The number of halogens is 1. The molecule has 2 atom stereocenters. The van der Waals surface area contributed by atoms with E-state index in [1.807, 2.05) is 0 Å². The summed E-state index contributed by atoms with van der Waals surface area (Å²) < 4.78 is 5.05. The minimum absolute atomic E-state index is 0.187. The summed E-state index contributed by atoms with van der Waals surface area (Å²) in [5, 5.41) is 5.58. The predicted octanol–water partition coefficient (Wildman–Crippen LogP) is 1.49. The first-order chi connectivity index (χ1) is 9.95. The summed E-state index contributed by atoms with van der Waals surface area (Å²) in [6.07, 6.45) is -0.280. The topological polar surface area (TPSA) is 84.5 Å². The highest BCUT2D eigenvalue weighted by Gasteiger charge is 2.30. The first kappa shape index (κ1) is 15.3. The molecule has 7 heteroatoms. The average Bonchev–Trinajstić information content (AvgIpc) is 2.85. The molecule has 0 radical (unpaired) electrons. The summed E-state index contributed by atoms with van der Waals surface area (Å²) in [7, 11) is 0. The summed E-state index contributed by atoms with van der Waals surface area (Å²) >= 11 is 5.82. The SMILES string of the molecule is C[C@@H](OC(=O)[C@H]1CCC(=O)N1)C(=O)Nc1cccc(Cl)c1. The molecule has 0 saturated carbocycles. The molecule has 2 rings (SSSR count). The van der Waals surface area contributed by atoms with Gasteiger partial charge in [0, 0.05) is 17.1 Å². The van der Waals surface area contributed by atoms with E-state index in [9.17, 15) is 14.4 Å². The van der Waals surface area contributed by atoms with Crippen molar-refractivity contribution in [3.63, 3.8) is 0 Å². The molecule has 0 aliphatic carbocycles. The maximum atomic E-state index is 11.9. The molecule has 1 aromatic rings. The Morgan fingerprint density at radius 1 is 1.48 bits per heavy atom. The normalized spacial score (nSPS) is 18.8. The monoisotopic (exact) mass is 310 g/mol. The van der Waals surface area contributed by atoms with Gasteiger partial charge in [0.25, 0.3) is 5.91 Å². The van der Waals surface area contributed by atoms with Crippen molar-refractivity contribution in [2.24, 2.45) is 0 Å². The van der Waals surface area contributed by atoms with Gasteiger partial charge in [-0.3, -0.25) is 9.59 Å². The minimum Gasteiger partial charge on any atom is -0.451 e. The second-order valence-corrected chi connectivity index (χ2v) is 5.17. The van der Waals surface area contributed by atoms with Crippen molar-refractivity contribution >= 4 is 35.1 Å². The third-order valence-electron chi connectivity index (χ3n) is 3.03. The van der Waals surface area contributed by atoms with Gasteiger partial charge in [0.15, 0.2) is 6.10 Å². The van der Waals surface area contributed by atoms with Gasteiger partial charge >= 0.3 is 5.97 Å². The molecular weight excluding hydrogens is 296 g/mol. The third kappa shape index (κ3) is 4.19. The molecule has 21 heavy (non-hydrogen) atoms. The van der Waals surface area contributed by atoms with Crippen LogP contribution in [0.3, 0.4) is 0 Å². The molecular formula is C14H15ClN2O4. The van der Waals surface area contributed by atoms with Crippen molar-refractivity contribution in [1.82, 2.24) is 5.32 Å². The lowest BCUT2D eigenvalue weighted by Crippen LogP contribution is -2.39. The number of hydrogen-bond acceptors (Lipinski definition) is 4. The number of rotatable bonds is 4. The number of carbonyl (C=O) groups is 3. The van der Waals surface area contributed by atoms with E-state index in [2.05, 4.69) is 10.6 Å². The standard InChI is InChI=1S/C14H15ClN2O4/c1-8(21-14(20)11-5-6-12(18)17-11)13(19)16-10-4-2-3-9(15)7-10/h2-4,7-8,11H,5-6H2,1H3,(H,16,19)(H,17,18)/t8-,11-/m1/s1. The molecule has 1 fully saturated rings. The fraction of sp³-hybridized carbons (Fsp3) is 0.357. The first-order valence-electron chi connectivity index (χ1n) is 6.52. The van der Waals surface area contributed by atoms with Gasteiger partial charge in [-0.15, -0.1) is 0 Å². The van der Waals surface area contributed by atoms with E-state index in [0.29, 0.717) is 23.6 Å². The number of nitrogens with one attached hydrogen (secondary N) is 2. The fourth-order valence-electron chi connectivity index (χ4n) is 1.91. The van der Waals surface area contributed by atoms with Crippen LogP contribution in [0.5, 0.6) is 0 Å². The third-order valence-corrected chi connectivity index (χ3v) is 3.27. The average molecular weight is 311 g/mol. The van der Waals surface area contributed by atoms with E-state index < -0.39 is 24.0 Å². The second kappa shape index (κ2) is 6.58. The van der Waals surface area contributed by atoms with Crippen LogP contribution in [0.25, 0.3) is 0 Å². The van der Waals surface area contributed by atoms with Gasteiger partial charge in [0.05, 0.1) is 0 Å².